The molecule has 37 heavy (non-hydrogen) atoms. The zero-order valence-electron chi connectivity index (χ0n) is 21.5. The van der Waals surface area contributed by atoms with Crippen molar-refractivity contribution >= 4 is 16.9 Å². The van der Waals surface area contributed by atoms with E-state index in [1.165, 1.54) is 0 Å². The number of carbonyl (C=O) groups is 1. The Balaban J connectivity index is 1.53. The molecule has 0 spiro atoms. The minimum Gasteiger partial charge on any atom is -0.340 e. The summed E-state index contributed by atoms with van der Waals surface area (Å²) in [5.74, 6) is 0.536. The molecule has 9 nitrogen and oxygen atoms in total. The van der Waals surface area contributed by atoms with Crippen LogP contribution in [0.15, 0.2) is 65.6 Å². The quantitative estimate of drug-likeness (QED) is 0.315. The first-order valence-electron chi connectivity index (χ1n) is 12.3. The Morgan fingerprint density at radius 1 is 0.973 bits per heavy atom. The Morgan fingerprint density at radius 2 is 1.70 bits per heavy atom. The van der Waals surface area contributed by atoms with E-state index in [-0.39, 0.29) is 17.9 Å². The van der Waals surface area contributed by atoms with E-state index in [1.807, 2.05) is 81.8 Å². The molecule has 0 radical (unpaired) electrons. The standard InChI is InChI=1S/C28H29N7O2/c1-16(2)24(28-33-25(34-37-28)20-10-12-29-13-11-20)32-27(36)21-14-23(19-8-6-18(5)7-9-19)31-26-22(21)15-30-35(26)17(3)4/h6-17,24H,1-5H3,(H,32,36). The number of nitrogens with zero attached hydrogens (tertiary/aromatic N) is 6. The Labute approximate surface area is 215 Å². The molecule has 1 N–H and O–H groups in total. The molecule has 1 amide bonds. The van der Waals surface area contributed by atoms with Crippen molar-refractivity contribution in [3.63, 3.8) is 0 Å². The summed E-state index contributed by atoms with van der Waals surface area (Å²) in [5.41, 5.74) is 4.74. The molecule has 4 aromatic heterocycles. The van der Waals surface area contributed by atoms with Gasteiger partial charge in [-0.2, -0.15) is 10.1 Å². The van der Waals surface area contributed by atoms with Gasteiger partial charge in [0.15, 0.2) is 5.65 Å². The average molecular weight is 496 g/mol. The highest BCUT2D eigenvalue weighted by molar-refractivity contribution is 6.06. The van der Waals surface area contributed by atoms with Crippen molar-refractivity contribution in [2.45, 2.75) is 46.7 Å². The molecule has 1 unspecified atom stereocenters. The van der Waals surface area contributed by atoms with Crippen molar-refractivity contribution in [2.24, 2.45) is 5.92 Å². The van der Waals surface area contributed by atoms with Crippen LogP contribution in [0.2, 0.25) is 0 Å². The number of aromatic nitrogens is 6. The van der Waals surface area contributed by atoms with Crippen molar-refractivity contribution in [1.29, 1.82) is 0 Å². The molecule has 9 heteroatoms. The van der Waals surface area contributed by atoms with E-state index >= 15 is 0 Å². The van der Waals surface area contributed by atoms with Crippen LogP contribution in [-0.2, 0) is 0 Å². The molecule has 5 aromatic rings. The summed E-state index contributed by atoms with van der Waals surface area (Å²) in [6.07, 6.45) is 5.05. The van der Waals surface area contributed by atoms with Gasteiger partial charge in [0.2, 0.25) is 11.7 Å². The summed E-state index contributed by atoms with van der Waals surface area (Å²) in [6, 6.07) is 13.1. The van der Waals surface area contributed by atoms with Gasteiger partial charge < -0.3 is 9.84 Å². The van der Waals surface area contributed by atoms with Gasteiger partial charge in [-0.25, -0.2) is 9.67 Å². The normalized spacial score (nSPS) is 12.4. The van der Waals surface area contributed by atoms with Gasteiger partial charge in [0.1, 0.15) is 6.04 Å². The molecule has 1 atom stereocenters. The van der Waals surface area contributed by atoms with Crippen LogP contribution in [0.5, 0.6) is 0 Å². The second-order valence-corrected chi connectivity index (χ2v) is 9.73. The molecule has 0 saturated carbocycles. The van der Waals surface area contributed by atoms with E-state index in [0.29, 0.717) is 34.0 Å². The van der Waals surface area contributed by atoms with E-state index < -0.39 is 6.04 Å². The van der Waals surface area contributed by atoms with Crippen LogP contribution in [0.1, 0.15) is 61.6 Å². The Kier molecular flexibility index (Phi) is 6.52. The predicted molar refractivity (Wildman–Crippen MR) is 141 cm³/mol. The molecule has 188 valence electrons. The third-order valence-electron chi connectivity index (χ3n) is 6.25. The number of carbonyl (C=O) groups excluding carboxylic acids is 1. The average Bonchev–Trinajstić information content (AvgIpc) is 3.55. The molecular weight excluding hydrogens is 466 g/mol. The largest absolute Gasteiger partial charge is 0.340 e. The van der Waals surface area contributed by atoms with Gasteiger partial charge in [0.25, 0.3) is 5.91 Å². The fourth-order valence-electron chi connectivity index (χ4n) is 4.17. The second-order valence-electron chi connectivity index (χ2n) is 9.73. The van der Waals surface area contributed by atoms with Gasteiger partial charge >= 0.3 is 0 Å². The minimum atomic E-state index is -0.484. The molecular formula is C28H29N7O2. The summed E-state index contributed by atoms with van der Waals surface area (Å²) in [4.78, 5) is 27.2. The molecule has 0 aliphatic rings. The summed E-state index contributed by atoms with van der Waals surface area (Å²) in [6.45, 7) is 10.1. The fourth-order valence-corrected chi connectivity index (χ4v) is 4.17. The molecule has 1 aromatic carbocycles. The van der Waals surface area contributed by atoms with Crippen LogP contribution in [0.3, 0.4) is 0 Å². The number of aryl methyl sites for hydroxylation is 1. The summed E-state index contributed by atoms with van der Waals surface area (Å²) in [5, 5.41) is 12.4. The Morgan fingerprint density at radius 3 is 2.38 bits per heavy atom. The molecule has 5 rings (SSSR count). The molecule has 0 aliphatic carbocycles. The summed E-state index contributed by atoms with van der Waals surface area (Å²) >= 11 is 0. The monoisotopic (exact) mass is 495 g/mol. The van der Waals surface area contributed by atoms with Gasteiger partial charge in [-0.1, -0.05) is 48.8 Å². The van der Waals surface area contributed by atoms with Gasteiger partial charge in [0.05, 0.1) is 22.8 Å². The smallest absolute Gasteiger partial charge is 0.252 e. The fraction of sp³-hybridized carbons (Fsp3) is 0.286. The van der Waals surface area contributed by atoms with E-state index in [1.54, 1.807) is 18.6 Å². The molecule has 0 aliphatic heterocycles. The highest BCUT2D eigenvalue weighted by Crippen LogP contribution is 2.29. The number of amides is 1. The van der Waals surface area contributed by atoms with E-state index in [4.69, 9.17) is 9.51 Å². The third-order valence-corrected chi connectivity index (χ3v) is 6.25. The SMILES string of the molecule is Cc1ccc(-c2cc(C(=O)NC(c3nc(-c4ccncc4)no3)C(C)C)c3cnn(C(C)C)c3n2)cc1. The van der Waals surface area contributed by atoms with Gasteiger partial charge in [-0.15, -0.1) is 0 Å². The van der Waals surface area contributed by atoms with Gasteiger partial charge in [-0.3, -0.25) is 9.78 Å². The number of nitrogens with one attached hydrogen (secondary N) is 1. The van der Waals surface area contributed by atoms with Crippen LogP contribution >= 0.6 is 0 Å². The predicted octanol–water partition coefficient (Wildman–Crippen LogP) is 5.56. The molecule has 4 heterocycles. The maximum atomic E-state index is 13.8. The van der Waals surface area contributed by atoms with Crippen LogP contribution in [0.25, 0.3) is 33.7 Å². The lowest BCUT2D eigenvalue weighted by Gasteiger charge is -2.19. The lowest BCUT2D eigenvalue weighted by molar-refractivity contribution is 0.0915. The summed E-state index contributed by atoms with van der Waals surface area (Å²) in [7, 11) is 0. The van der Waals surface area contributed by atoms with E-state index in [2.05, 4.69) is 25.5 Å². The zero-order valence-corrected chi connectivity index (χ0v) is 21.5. The van der Waals surface area contributed by atoms with Crippen molar-refractivity contribution in [2.75, 3.05) is 0 Å². The van der Waals surface area contributed by atoms with E-state index in [9.17, 15) is 4.79 Å². The lowest BCUT2D eigenvalue weighted by Crippen LogP contribution is -2.32. The molecule has 0 fully saturated rings. The van der Waals surface area contributed by atoms with Crippen molar-refractivity contribution in [3.8, 4) is 22.6 Å². The maximum Gasteiger partial charge on any atom is 0.252 e. The summed E-state index contributed by atoms with van der Waals surface area (Å²) < 4.78 is 7.42. The zero-order chi connectivity index (χ0) is 26.1. The Bertz CT molecular complexity index is 1540. The number of hydrogen-bond donors (Lipinski definition) is 1. The number of fused-ring (bicyclic) bond motifs is 1. The van der Waals surface area contributed by atoms with Crippen LogP contribution in [0, 0.1) is 12.8 Å². The Hall–Kier alpha value is -4.40. The highest BCUT2D eigenvalue weighted by Gasteiger charge is 2.27. The van der Waals surface area contributed by atoms with Crippen molar-refractivity contribution in [1.82, 2.24) is 35.2 Å². The van der Waals surface area contributed by atoms with Gasteiger partial charge in [0, 0.05) is 29.6 Å². The molecule has 0 saturated heterocycles. The van der Waals surface area contributed by atoms with Crippen LogP contribution in [-0.4, -0.2) is 35.8 Å². The third kappa shape index (κ3) is 4.84. The maximum absolute atomic E-state index is 13.8. The first-order chi connectivity index (χ1) is 17.8. The first kappa shape index (κ1) is 24.3. The van der Waals surface area contributed by atoms with E-state index in [0.717, 1.165) is 16.7 Å². The van der Waals surface area contributed by atoms with Crippen molar-refractivity contribution < 1.29 is 9.32 Å². The lowest BCUT2D eigenvalue weighted by atomic mass is 10.0. The number of benzene rings is 1. The van der Waals surface area contributed by atoms with Crippen molar-refractivity contribution in [3.05, 3.63) is 78.1 Å². The minimum absolute atomic E-state index is 0.00183. The first-order valence-corrected chi connectivity index (χ1v) is 12.3. The topological polar surface area (TPSA) is 112 Å². The number of rotatable bonds is 7. The van der Waals surface area contributed by atoms with Gasteiger partial charge in [-0.05, 0) is 44.9 Å². The second kappa shape index (κ2) is 9.93. The highest BCUT2D eigenvalue weighted by atomic mass is 16.5. The number of pyridine rings is 2. The molecule has 0 bridgehead atoms. The number of hydrogen-bond acceptors (Lipinski definition) is 7. The van der Waals surface area contributed by atoms with Crippen LogP contribution < -0.4 is 5.32 Å². The van der Waals surface area contributed by atoms with Crippen LogP contribution in [0.4, 0.5) is 0 Å².